The predicted octanol–water partition coefficient (Wildman–Crippen LogP) is 4.82. The molecule has 1 amide bonds. The Morgan fingerprint density at radius 3 is 2.66 bits per heavy atom. The van der Waals surface area contributed by atoms with Crippen molar-refractivity contribution in [3.05, 3.63) is 52.2 Å². The van der Waals surface area contributed by atoms with Crippen molar-refractivity contribution >= 4 is 51.8 Å². The van der Waals surface area contributed by atoms with Crippen LogP contribution < -0.4 is 14.8 Å². The number of nitrogens with one attached hydrogen (secondary N) is 1. The molecule has 0 fully saturated rings. The molecule has 1 aromatic heterocycles. The van der Waals surface area contributed by atoms with Crippen LogP contribution in [0, 0.1) is 0 Å². The van der Waals surface area contributed by atoms with E-state index in [0.29, 0.717) is 33.3 Å². The summed E-state index contributed by atoms with van der Waals surface area (Å²) < 4.78 is 10.5. The summed E-state index contributed by atoms with van der Waals surface area (Å²) in [7, 11) is 3.00. The minimum Gasteiger partial charge on any atom is -0.495 e. The van der Waals surface area contributed by atoms with Crippen LogP contribution in [0.3, 0.4) is 0 Å². The number of aryl methyl sites for hydroxylation is 1. The summed E-state index contributed by atoms with van der Waals surface area (Å²) in [5.41, 5.74) is 3.62. The van der Waals surface area contributed by atoms with Gasteiger partial charge in [-0.05, 0) is 43.0 Å². The minimum atomic E-state index is -0.866. The summed E-state index contributed by atoms with van der Waals surface area (Å²) in [6, 6.07) is 8.45. The molecule has 0 unspecified atom stereocenters. The molecule has 166 valence electrons. The Balaban J connectivity index is 1.69. The molecule has 0 saturated carbocycles. The number of hydrogen-bond donors (Lipinski definition) is 2. The molecular weight excluding hydrogens is 452 g/mol. The number of methoxy groups -OCH3 is 2. The number of ether oxygens (including phenoxy) is 2. The van der Waals surface area contributed by atoms with Gasteiger partial charge in [0.2, 0.25) is 0 Å². The third kappa shape index (κ3) is 4.33. The third-order valence-electron chi connectivity index (χ3n) is 5.28. The van der Waals surface area contributed by atoms with E-state index in [-0.39, 0.29) is 11.7 Å². The Labute approximate surface area is 194 Å². The number of anilines is 1. The first kappa shape index (κ1) is 22.2. The standard InChI is InChI=1S/C23H21ClN2O5S/c1-30-19-10-20(31-2)18(9-15(19)24)26-23(29)12-6-7-14-17(8-12)25-16-5-3-4-13(16)22(14)32-11-21(27)28/h6-10H,3-5,11H2,1-2H3,(H,26,29)(H,27,28). The lowest BCUT2D eigenvalue weighted by Crippen LogP contribution is -2.13. The number of aliphatic carboxylic acids is 1. The van der Waals surface area contributed by atoms with Gasteiger partial charge in [0.15, 0.2) is 0 Å². The maximum Gasteiger partial charge on any atom is 0.313 e. The van der Waals surface area contributed by atoms with E-state index in [0.717, 1.165) is 40.8 Å². The van der Waals surface area contributed by atoms with E-state index in [1.807, 2.05) is 6.07 Å². The van der Waals surface area contributed by atoms with Crippen molar-refractivity contribution in [1.29, 1.82) is 0 Å². The predicted molar refractivity (Wildman–Crippen MR) is 125 cm³/mol. The van der Waals surface area contributed by atoms with Gasteiger partial charge in [-0.2, -0.15) is 0 Å². The van der Waals surface area contributed by atoms with Gasteiger partial charge in [-0.15, -0.1) is 11.8 Å². The van der Waals surface area contributed by atoms with Crippen LogP contribution in [0.1, 0.15) is 28.0 Å². The van der Waals surface area contributed by atoms with E-state index in [2.05, 4.69) is 5.32 Å². The molecule has 0 radical (unpaired) electrons. The number of nitrogens with zero attached hydrogens (tertiary/aromatic N) is 1. The maximum atomic E-state index is 13.0. The molecule has 9 heteroatoms. The van der Waals surface area contributed by atoms with Gasteiger partial charge in [-0.25, -0.2) is 0 Å². The number of pyridine rings is 1. The number of carboxylic acids is 1. The highest BCUT2D eigenvalue weighted by Crippen LogP contribution is 2.38. The lowest BCUT2D eigenvalue weighted by atomic mass is 10.1. The zero-order valence-corrected chi connectivity index (χ0v) is 19.1. The minimum absolute atomic E-state index is 0.0220. The molecule has 0 spiro atoms. The molecule has 1 aliphatic rings. The SMILES string of the molecule is COc1cc(OC)c(NC(=O)c2ccc3c(SCC(=O)O)c4c(nc3c2)CCC4)cc1Cl. The molecule has 1 heterocycles. The number of thioether (sulfide) groups is 1. The number of amides is 1. The van der Waals surface area contributed by atoms with E-state index >= 15 is 0 Å². The Hall–Kier alpha value is -2.97. The van der Waals surface area contributed by atoms with Crippen molar-refractivity contribution in [2.75, 3.05) is 25.3 Å². The van der Waals surface area contributed by atoms with Crippen molar-refractivity contribution in [3.8, 4) is 11.5 Å². The third-order valence-corrected chi connectivity index (χ3v) is 6.73. The molecule has 0 saturated heterocycles. The second-order valence-electron chi connectivity index (χ2n) is 7.28. The van der Waals surface area contributed by atoms with Gasteiger partial charge in [0.1, 0.15) is 11.5 Å². The highest BCUT2D eigenvalue weighted by atomic mass is 35.5. The summed E-state index contributed by atoms with van der Waals surface area (Å²) in [4.78, 5) is 29.8. The van der Waals surface area contributed by atoms with Crippen LogP contribution in [-0.2, 0) is 17.6 Å². The van der Waals surface area contributed by atoms with Gasteiger partial charge in [0.25, 0.3) is 5.91 Å². The van der Waals surface area contributed by atoms with E-state index < -0.39 is 5.97 Å². The number of carbonyl (C=O) groups excluding carboxylic acids is 1. The summed E-state index contributed by atoms with van der Waals surface area (Å²) in [5.74, 6) is -0.366. The zero-order chi connectivity index (χ0) is 22.8. The molecule has 2 N–H and O–H groups in total. The van der Waals surface area contributed by atoms with Crippen LogP contribution in [0.2, 0.25) is 5.02 Å². The first-order valence-electron chi connectivity index (χ1n) is 9.94. The average molecular weight is 473 g/mol. The second-order valence-corrected chi connectivity index (χ2v) is 8.67. The normalized spacial score (nSPS) is 12.5. The fourth-order valence-corrected chi connectivity index (χ4v) is 5.04. The Kier molecular flexibility index (Phi) is 6.43. The summed E-state index contributed by atoms with van der Waals surface area (Å²) in [6.45, 7) is 0. The summed E-state index contributed by atoms with van der Waals surface area (Å²) in [6.07, 6.45) is 2.73. The summed E-state index contributed by atoms with van der Waals surface area (Å²) in [5, 5.41) is 13.2. The number of fused-ring (bicyclic) bond motifs is 2. The average Bonchev–Trinajstić information content (AvgIpc) is 3.24. The molecule has 4 rings (SSSR count). The number of carbonyl (C=O) groups is 2. The number of halogens is 1. The van der Waals surface area contributed by atoms with E-state index in [4.69, 9.17) is 31.2 Å². The maximum absolute atomic E-state index is 13.0. The van der Waals surface area contributed by atoms with E-state index in [1.165, 1.54) is 26.0 Å². The van der Waals surface area contributed by atoms with Crippen LogP contribution in [0.5, 0.6) is 11.5 Å². The van der Waals surface area contributed by atoms with Crippen LogP contribution in [0.15, 0.2) is 35.2 Å². The highest BCUT2D eigenvalue weighted by molar-refractivity contribution is 8.00. The molecule has 7 nitrogen and oxygen atoms in total. The lowest BCUT2D eigenvalue weighted by Gasteiger charge is -2.14. The molecule has 3 aromatic rings. The topological polar surface area (TPSA) is 97.8 Å². The van der Waals surface area contributed by atoms with Crippen LogP contribution >= 0.6 is 23.4 Å². The van der Waals surface area contributed by atoms with Crippen molar-refractivity contribution in [3.63, 3.8) is 0 Å². The van der Waals surface area contributed by atoms with Crippen molar-refractivity contribution in [2.24, 2.45) is 0 Å². The molecular formula is C23H21ClN2O5S. The van der Waals surface area contributed by atoms with Gasteiger partial charge < -0.3 is 19.9 Å². The van der Waals surface area contributed by atoms with Crippen LogP contribution in [0.25, 0.3) is 10.9 Å². The first-order chi connectivity index (χ1) is 15.4. The quantitative estimate of drug-likeness (QED) is 0.475. The largest absolute Gasteiger partial charge is 0.495 e. The van der Waals surface area contributed by atoms with Gasteiger partial charge in [-0.3, -0.25) is 14.6 Å². The lowest BCUT2D eigenvalue weighted by molar-refractivity contribution is -0.133. The van der Waals surface area contributed by atoms with Crippen molar-refractivity contribution in [2.45, 2.75) is 24.2 Å². The second kappa shape index (κ2) is 9.26. The monoisotopic (exact) mass is 472 g/mol. The number of carboxylic acid groups (broad SMARTS) is 1. The number of hydrogen-bond acceptors (Lipinski definition) is 6. The molecule has 0 atom stereocenters. The Morgan fingerprint density at radius 2 is 1.94 bits per heavy atom. The Morgan fingerprint density at radius 1 is 1.16 bits per heavy atom. The van der Waals surface area contributed by atoms with Crippen LogP contribution in [-0.4, -0.2) is 41.9 Å². The zero-order valence-electron chi connectivity index (χ0n) is 17.5. The molecule has 2 aromatic carbocycles. The first-order valence-corrected chi connectivity index (χ1v) is 11.3. The van der Waals surface area contributed by atoms with Gasteiger partial charge >= 0.3 is 5.97 Å². The smallest absolute Gasteiger partial charge is 0.313 e. The van der Waals surface area contributed by atoms with Gasteiger partial charge in [0.05, 0.1) is 36.2 Å². The molecule has 1 aliphatic carbocycles. The fraction of sp³-hybridized carbons (Fsp3) is 0.261. The molecule has 32 heavy (non-hydrogen) atoms. The number of aromatic nitrogens is 1. The van der Waals surface area contributed by atoms with E-state index in [1.54, 1.807) is 24.3 Å². The van der Waals surface area contributed by atoms with Gasteiger partial charge in [-0.1, -0.05) is 17.7 Å². The summed E-state index contributed by atoms with van der Waals surface area (Å²) >= 11 is 7.51. The Bertz CT molecular complexity index is 1230. The van der Waals surface area contributed by atoms with E-state index in [9.17, 15) is 9.59 Å². The van der Waals surface area contributed by atoms with Gasteiger partial charge in [0, 0.05) is 27.6 Å². The van der Waals surface area contributed by atoms with Crippen molar-refractivity contribution < 1.29 is 24.2 Å². The molecule has 0 bridgehead atoms. The molecule has 0 aliphatic heterocycles. The number of benzene rings is 2. The number of rotatable bonds is 7. The van der Waals surface area contributed by atoms with Crippen LogP contribution in [0.4, 0.5) is 5.69 Å². The fourth-order valence-electron chi connectivity index (χ4n) is 3.81. The van der Waals surface area contributed by atoms with Crippen molar-refractivity contribution in [1.82, 2.24) is 4.98 Å². The highest BCUT2D eigenvalue weighted by Gasteiger charge is 2.22.